The summed E-state index contributed by atoms with van der Waals surface area (Å²) in [5, 5.41) is 1.25. The maximum absolute atomic E-state index is 2.52. The molecule has 1 aromatic heterocycles. The summed E-state index contributed by atoms with van der Waals surface area (Å²) >= 11 is 1.87. The number of nitrogens with zero attached hydrogens (tertiary/aromatic N) is 1. The highest BCUT2D eigenvalue weighted by Crippen LogP contribution is 2.63. The molecule has 56 heavy (non-hydrogen) atoms. The van der Waals surface area contributed by atoms with Crippen LogP contribution in [0.5, 0.6) is 0 Å². The molecule has 266 valence electrons. The summed E-state index contributed by atoms with van der Waals surface area (Å²) in [5.74, 6) is 0. The van der Waals surface area contributed by atoms with Crippen LogP contribution in [-0.4, -0.2) is 0 Å². The molecule has 0 bridgehead atoms. The standard InChI is InChI=1S/C54H39NS/c1-53(2)46-26-14-15-27-47(46)54(44-24-12-9-21-41(44)42-22-10-13-25-45(42)54)48-34-33-40(35-49(48)53)55(39-31-29-37(30-32-39)36-17-5-3-6-18-36)51-43-23-11-16-28-50(43)56-52(51)38-19-7-4-8-20-38/h3-35H,1-2H3. The number of anilines is 3. The number of benzene rings is 8. The van der Waals surface area contributed by atoms with E-state index in [2.05, 4.69) is 219 Å². The van der Waals surface area contributed by atoms with E-state index in [0.29, 0.717) is 0 Å². The second-order valence-electron chi connectivity index (χ2n) is 15.6. The molecule has 1 nitrogen and oxygen atoms in total. The number of thiophene rings is 1. The molecule has 0 amide bonds. The van der Waals surface area contributed by atoms with Crippen LogP contribution in [0.15, 0.2) is 200 Å². The van der Waals surface area contributed by atoms with Crippen LogP contribution in [-0.2, 0) is 10.8 Å². The third-order valence-electron chi connectivity index (χ3n) is 12.4. The van der Waals surface area contributed by atoms with E-state index in [1.54, 1.807) is 0 Å². The summed E-state index contributed by atoms with van der Waals surface area (Å²) in [6.07, 6.45) is 0. The van der Waals surface area contributed by atoms with Gasteiger partial charge in [0.1, 0.15) is 0 Å². The van der Waals surface area contributed by atoms with E-state index in [9.17, 15) is 0 Å². The smallest absolute Gasteiger partial charge is 0.0726 e. The Morgan fingerprint density at radius 3 is 1.57 bits per heavy atom. The van der Waals surface area contributed by atoms with Gasteiger partial charge in [0, 0.05) is 26.9 Å². The molecule has 1 heterocycles. The number of rotatable bonds is 5. The van der Waals surface area contributed by atoms with E-state index in [1.165, 1.54) is 81.8 Å². The molecule has 0 saturated carbocycles. The molecule has 1 spiro atoms. The fourth-order valence-electron chi connectivity index (χ4n) is 9.86. The minimum Gasteiger partial charge on any atom is -0.308 e. The van der Waals surface area contributed by atoms with Crippen LogP contribution < -0.4 is 4.90 Å². The fraction of sp³-hybridized carbons (Fsp3) is 0.0741. The SMILES string of the molecule is CC1(C)c2ccccc2C2(c3ccccc3-c3ccccc32)c2ccc(N(c3ccc(-c4ccccc4)cc3)c3c(-c4ccccc4)sc4ccccc34)cc21. The summed E-state index contributed by atoms with van der Waals surface area (Å²) < 4.78 is 1.28. The second kappa shape index (κ2) is 12.5. The third-order valence-corrected chi connectivity index (χ3v) is 13.6. The van der Waals surface area contributed by atoms with Crippen LogP contribution in [0.25, 0.3) is 42.8 Å². The lowest BCUT2D eigenvalue weighted by Gasteiger charge is -2.47. The van der Waals surface area contributed by atoms with Crippen molar-refractivity contribution >= 4 is 38.5 Å². The van der Waals surface area contributed by atoms with Crippen molar-refractivity contribution in [3.8, 4) is 32.7 Å². The van der Waals surface area contributed by atoms with E-state index >= 15 is 0 Å². The van der Waals surface area contributed by atoms with Crippen molar-refractivity contribution in [3.05, 3.63) is 234 Å². The first-order valence-corrected chi connectivity index (χ1v) is 20.3. The Balaban J connectivity index is 1.20. The highest BCUT2D eigenvalue weighted by Gasteiger charge is 2.53. The van der Waals surface area contributed by atoms with Gasteiger partial charge < -0.3 is 4.90 Å². The van der Waals surface area contributed by atoms with Gasteiger partial charge in [0.2, 0.25) is 0 Å². The van der Waals surface area contributed by atoms with Crippen molar-refractivity contribution in [3.63, 3.8) is 0 Å². The lowest BCUT2D eigenvalue weighted by Crippen LogP contribution is -2.40. The summed E-state index contributed by atoms with van der Waals surface area (Å²) in [6.45, 7) is 4.84. The van der Waals surface area contributed by atoms with Crippen molar-refractivity contribution in [2.45, 2.75) is 24.7 Å². The highest BCUT2D eigenvalue weighted by atomic mass is 32.1. The Kier molecular flexibility index (Phi) is 7.36. The molecule has 0 unspecified atom stereocenters. The van der Waals surface area contributed by atoms with Gasteiger partial charge in [-0.15, -0.1) is 11.3 Å². The Hall–Kier alpha value is -6.48. The summed E-state index contributed by atoms with van der Waals surface area (Å²) in [5.41, 5.74) is 17.3. The van der Waals surface area contributed by atoms with Crippen LogP contribution in [0.4, 0.5) is 17.1 Å². The normalized spacial score (nSPS) is 14.2. The van der Waals surface area contributed by atoms with Gasteiger partial charge in [0.15, 0.2) is 0 Å². The monoisotopic (exact) mass is 733 g/mol. The average Bonchev–Trinajstić information content (AvgIpc) is 3.79. The predicted octanol–water partition coefficient (Wildman–Crippen LogP) is 14.7. The minimum absolute atomic E-state index is 0.262. The molecule has 9 aromatic rings. The Bertz CT molecular complexity index is 2890. The largest absolute Gasteiger partial charge is 0.308 e. The van der Waals surface area contributed by atoms with Gasteiger partial charge in [-0.1, -0.05) is 184 Å². The number of hydrogen-bond acceptors (Lipinski definition) is 2. The van der Waals surface area contributed by atoms with Gasteiger partial charge >= 0.3 is 0 Å². The first kappa shape index (κ1) is 32.9. The molecule has 0 fully saturated rings. The molecule has 0 N–H and O–H groups in total. The van der Waals surface area contributed by atoms with Crippen molar-refractivity contribution < 1.29 is 0 Å². The van der Waals surface area contributed by atoms with Gasteiger partial charge in [-0.2, -0.15) is 0 Å². The molecule has 2 heteroatoms. The maximum Gasteiger partial charge on any atom is 0.0726 e. The number of fused-ring (bicyclic) bond motifs is 10. The molecule has 11 rings (SSSR count). The number of hydrogen-bond donors (Lipinski definition) is 0. The van der Waals surface area contributed by atoms with E-state index < -0.39 is 5.41 Å². The summed E-state index contributed by atoms with van der Waals surface area (Å²) in [4.78, 5) is 3.78. The predicted molar refractivity (Wildman–Crippen MR) is 237 cm³/mol. The summed E-state index contributed by atoms with van der Waals surface area (Å²) in [6, 6.07) is 74.4. The molecule has 0 aliphatic heterocycles. The maximum atomic E-state index is 2.52. The molecule has 8 aromatic carbocycles. The van der Waals surface area contributed by atoms with E-state index in [0.717, 1.165) is 11.4 Å². The first-order chi connectivity index (χ1) is 27.5. The Morgan fingerprint density at radius 1 is 0.393 bits per heavy atom. The second-order valence-corrected chi connectivity index (χ2v) is 16.7. The van der Waals surface area contributed by atoms with Crippen LogP contribution >= 0.6 is 11.3 Å². The zero-order valence-electron chi connectivity index (χ0n) is 31.4. The van der Waals surface area contributed by atoms with Gasteiger partial charge in [-0.25, -0.2) is 0 Å². The summed E-state index contributed by atoms with van der Waals surface area (Å²) in [7, 11) is 0. The zero-order chi connectivity index (χ0) is 37.4. The Labute approximate surface area is 332 Å². The van der Waals surface area contributed by atoms with E-state index in [4.69, 9.17) is 0 Å². The van der Waals surface area contributed by atoms with Gasteiger partial charge in [-0.05, 0) is 91.5 Å². The highest BCUT2D eigenvalue weighted by molar-refractivity contribution is 7.23. The molecule has 0 atom stereocenters. The quantitative estimate of drug-likeness (QED) is 0.170. The fourth-order valence-corrected chi connectivity index (χ4v) is 11.0. The van der Waals surface area contributed by atoms with Crippen LogP contribution in [0.2, 0.25) is 0 Å². The van der Waals surface area contributed by atoms with E-state index in [1.807, 2.05) is 11.3 Å². The van der Waals surface area contributed by atoms with Crippen molar-refractivity contribution in [1.29, 1.82) is 0 Å². The third kappa shape index (κ3) is 4.66. The average molecular weight is 734 g/mol. The minimum atomic E-state index is -0.431. The lowest BCUT2D eigenvalue weighted by atomic mass is 9.55. The van der Waals surface area contributed by atoms with Crippen molar-refractivity contribution in [2.75, 3.05) is 4.90 Å². The van der Waals surface area contributed by atoms with Crippen molar-refractivity contribution in [1.82, 2.24) is 0 Å². The van der Waals surface area contributed by atoms with Crippen molar-refractivity contribution in [2.24, 2.45) is 0 Å². The molecular formula is C54H39NS. The molecule has 2 aliphatic rings. The van der Waals surface area contributed by atoms with Crippen LogP contribution in [0.3, 0.4) is 0 Å². The molecular weight excluding hydrogens is 695 g/mol. The topological polar surface area (TPSA) is 3.24 Å². The van der Waals surface area contributed by atoms with Gasteiger partial charge in [0.25, 0.3) is 0 Å². The van der Waals surface area contributed by atoms with Gasteiger partial charge in [-0.3, -0.25) is 0 Å². The van der Waals surface area contributed by atoms with Crippen LogP contribution in [0.1, 0.15) is 47.2 Å². The van der Waals surface area contributed by atoms with E-state index in [-0.39, 0.29) is 5.41 Å². The zero-order valence-corrected chi connectivity index (χ0v) is 32.2. The molecule has 0 radical (unpaired) electrons. The molecule has 2 aliphatic carbocycles. The lowest BCUT2D eigenvalue weighted by molar-refractivity contribution is 0.563. The Morgan fingerprint density at radius 2 is 0.893 bits per heavy atom. The van der Waals surface area contributed by atoms with Gasteiger partial charge in [0.05, 0.1) is 16.0 Å². The molecule has 0 saturated heterocycles. The first-order valence-electron chi connectivity index (χ1n) is 19.5. The van der Waals surface area contributed by atoms with Crippen LogP contribution in [0, 0.1) is 0 Å².